The molecule has 0 bridgehead atoms. The molecule has 1 aromatic heterocycles. The molecule has 1 heterocycles. The van der Waals surface area contributed by atoms with Gasteiger partial charge in [0.25, 0.3) is 0 Å². The van der Waals surface area contributed by atoms with Crippen molar-refractivity contribution < 1.29 is 28.9 Å². The molecule has 3 N–H and O–H groups in total. The third kappa shape index (κ3) is 5.84. The van der Waals surface area contributed by atoms with Gasteiger partial charge in [0.2, 0.25) is 0 Å². The van der Waals surface area contributed by atoms with Crippen molar-refractivity contribution in [2.45, 2.75) is 43.8 Å². The molecule has 1 saturated carbocycles. The molecule has 1 fully saturated rings. The monoisotopic (exact) mass is 463 g/mol. The van der Waals surface area contributed by atoms with Crippen molar-refractivity contribution in [2.24, 2.45) is 0 Å². The zero-order chi connectivity index (χ0) is 24.2. The third-order valence-corrected chi connectivity index (χ3v) is 5.58. The van der Waals surface area contributed by atoms with Crippen molar-refractivity contribution in [2.75, 3.05) is 0 Å². The lowest BCUT2D eigenvalue weighted by Gasteiger charge is -2.14. The summed E-state index contributed by atoms with van der Waals surface area (Å²) in [6.07, 6.45) is -1.29. The molecule has 0 spiro atoms. The molecular weight excluding hydrogens is 440 g/mol. The van der Waals surface area contributed by atoms with Crippen LogP contribution in [-0.4, -0.2) is 38.5 Å². The number of nitrogens with zero attached hydrogens (tertiary/aromatic N) is 1. The number of carboxylic acids is 1. The van der Waals surface area contributed by atoms with E-state index in [1.807, 2.05) is 6.07 Å². The van der Waals surface area contributed by atoms with Crippen LogP contribution < -0.4 is 0 Å². The molecule has 7 heteroatoms. The summed E-state index contributed by atoms with van der Waals surface area (Å²) in [6.45, 7) is 0. The molecule has 4 rings (SSSR count). The van der Waals surface area contributed by atoms with Gasteiger partial charge >= 0.3 is 5.97 Å². The summed E-state index contributed by atoms with van der Waals surface area (Å²) in [5.41, 5.74) is 4.09. The van der Waals surface area contributed by atoms with E-state index in [1.165, 1.54) is 24.3 Å². The van der Waals surface area contributed by atoms with Crippen LogP contribution in [0.2, 0.25) is 0 Å². The lowest BCUT2D eigenvalue weighted by molar-refractivity contribution is -0.139. The number of rotatable bonds is 7. The summed E-state index contributed by atoms with van der Waals surface area (Å²) < 4.78 is 27.0. The summed E-state index contributed by atoms with van der Waals surface area (Å²) >= 11 is 0. The van der Waals surface area contributed by atoms with Crippen molar-refractivity contribution in [3.05, 3.63) is 77.5 Å². The van der Waals surface area contributed by atoms with Crippen LogP contribution in [0.3, 0.4) is 0 Å². The predicted octanol–water partition coefficient (Wildman–Crippen LogP) is 4.51. The Balaban J connectivity index is 1.79. The summed E-state index contributed by atoms with van der Waals surface area (Å²) in [7, 11) is 0. The number of benzene rings is 2. The summed E-state index contributed by atoms with van der Waals surface area (Å²) in [6, 6.07) is 13.8. The molecule has 5 nitrogen and oxygen atoms in total. The number of aromatic nitrogens is 1. The highest BCUT2D eigenvalue weighted by Crippen LogP contribution is 2.44. The van der Waals surface area contributed by atoms with Crippen LogP contribution in [0.15, 0.2) is 54.6 Å². The van der Waals surface area contributed by atoms with E-state index in [1.54, 1.807) is 24.3 Å². The minimum absolute atomic E-state index is 0.179. The number of aliphatic hydroxyl groups is 2. The summed E-state index contributed by atoms with van der Waals surface area (Å²) in [5.74, 6) is 3.97. The first kappa shape index (κ1) is 23.6. The predicted molar refractivity (Wildman–Crippen MR) is 123 cm³/mol. The number of hydrogen-bond acceptors (Lipinski definition) is 4. The maximum atomic E-state index is 13.6. The van der Waals surface area contributed by atoms with E-state index in [0.29, 0.717) is 22.4 Å². The average Bonchev–Trinajstić information content (AvgIpc) is 3.63. The smallest absolute Gasteiger partial charge is 0.305 e. The third-order valence-electron chi connectivity index (χ3n) is 5.58. The van der Waals surface area contributed by atoms with E-state index in [9.17, 15) is 23.8 Å². The highest BCUT2D eigenvalue weighted by atomic mass is 19.1. The molecule has 0 amide bonds. The SMILES string of the molecule is O=C(O)C[C@H](O)C[C@H](O)C#Cc1c(-c2ccc(F)cc2)cc(-c2ccc(F)cc2)nc1C1CC1. The number of aliphatic carboxylic acids is 1. The number of carboxylic acid groups (broad SMARTS) is 1. The Kier molecular flexibility index (Phi) is 7.01. The van der Waals surface area contributed by atoms with Gasteiger partial charge in [0.15, 0.2) is 0 Å². The normalized spacial score (nSPS) is 14.7. The first-order valence-corrected chi connectivity index (χ1v) is 11.0. The second-order valence-electron chi connectivity index (χ2n) is 8.38. The van der Waals surface area contributed by atoms with E-state index in [4.69, 9.17) is 10.1 Å². The Morgan fingerprint density at radius 1 is 1.00 bits per heavy atom. The first-order valence-electron chi connectivity index (χ1n) is 11.0. The fourth-order valence-electron chi connectivity index (χ4n) is 3.73. The molecule has 0 saturated heterocycles. The van der Waals surface area contributed by atoms with Gasteiger partial charge in [0, 0.05) is 23.5 Å². The molecule has 174 valence electrons. The fourth-order valence-corrected chi connectivity index (χ4v) is 3.73. The van der Waals surface area contributed by atoms with Crippen molar-refractivity contribution in [3.8, 4) is 34.2 Å². The van der Waals surface area contributed by atoms with Gasteiger partial charge in [-0.05, 0) is 60.9 Å². The average molecular weight is 463 g/mol. The second-order valence-corrected chi connectivity index (χ2v) is 8.38. The fraction of sp³-hybridized carbons (Fsp3) is 0.259. The maximum Gasteiger partial charge on any atom is 0.305 e. The van der Waals surface area contributed by atoms with E-state index < -0.39 is 24.6 Å². The zero-order valence-electron chi connectivity index (χ0n) is 18.2. The highest BCUT2D eigenvalue weighted by Gasteiger charge is 2.29. The maximum absolute atomic E-state index is 13.6. The van der Waals surface area contributed by atoms with E-state index in [0.717, 1.165) is 24.1 Å². The van der Waals surface area contributed by atoms with Crippen molar-refractivity contribution >= 4 is 5.97 Å². The first-order chi connectivity index (χ1) is 16.3. The molecule has 1 aliphatic rings. The molecule has 0 aliphatic heterocycles. The largest absolute Gasteiger partial charge is 0.481 e. The standard InChI is InChI=1S/C27H23F2NO4/c28-19-7-3-16(4-8-19)24-15-25(17-5-9-20(29)10-6-17)30-27(18-1-2-18)23(24)12-11-21(31)13-22(32)14-26(33)34/h3-10,15,18,21-22,31-32H,1-2,13-14H2,(H,33,34)/t21-,22-/m1/s1. The van der Waals surface area contributed by atoms with Crippen LogP contribution in [0.4, 0.5) is 8.78 Å². The Hall–Kier alpha value is -3.60. The van der Waals surface area contributed by atoms with E-state index >= 15 is 0 Å². The number of aliphatic hydroxyl groups excluding tert-OH is 2. The van der Waals surface area contributed by atoms with Gasteiger partial charge in [-0.15, -0.1) is 0 Å². The quantitative estimate of drug-likeness (QED) is 0.449. The topological polar surface area (TPSA) is 90.7 Å². The Morgan fingerprint density at radius 2 is 1.59 bits per heavy atom. The van der Waals surface area contributed by atoms with Gasteiger partial charge in [-0.3, -0.25) is 9.78 Å². The molecule has 3 aromatic rings. The zero-order valence-corrected chi connectivity index (χ0v) is 18.2. The highest BCUT2D eigenvalue weighted by molar-refractivity contribution is 5.77. The minimum atomic E-state index is -1.24. The van der Waals surface area contributed by atoms with Crippen LogP contribution in [0.1, 0.15) is 42.9 Å². The van der Waals surface area contributed by atoms with Crippen LogP contribution in [0.25, 0.3) is 22.4 Å². The van der Waals surface area contributed by atoms with Gasteiger partial charge in [-0.25, -0.2) is 8.78 Å². The van der Waals surface area contributed by atoms with E-state index in [2.05, 4.69) is 11.8 Å². The summed E-state index contributed by atoms with van der Waals surface area (Å²) in [4.78, 5) is 15.6. The van der Waals surface area contributed by atoms with Crippen LogP contribution in [0.5, 0.6) is 0 Å². The van der Waals surface area contributed by atoms with Crippen LogP contribution >= 0.6 is 0 Å². The number of pyridine rings is 1. The molecule has 0 radical (unpaired) electrons. The second kappa shape index (κ2) is 10.1. The number of halogens is 2. The molecule has 2 atom stereocenters. The molecule has 2 aromatic carbocycles. The van der Waals surface area contributed by atoms with Gasteiger partial charge in [-0.2, -0.15) is 0 Å². The van der Waals surface area contributed by atoms with Crippen molar-refractivity contribution in [3.63, 3.8) is 0 Å². The van der Waals surface area contributed by atoms with Crippen LogP contribution in [-0.2, 0) is 4.79 Å². The Bertz CT molecular complexity index is 1240. The minimum Gasteiger partial charge on any atom is -0.481 e. The number of carbonyl (C=O) groups is 1. The molecular formula is C27H23F2NO4. The van der Waals surface area contributed by atoms with Gasteiger partial charge in [0.05, 0.1) is 29.5 Å². The lowest BCUT2D eigenvalue weighted by atomic mass is 9.94. The van der Waals surface area contributed by atoms with E-state index in [-0.39, 0.29) is 24.0 Å². The van der Waals surface area contributed by atoms with Gasteiger partial charge in [0.1, 0.15) is 17.7 Å². The van der Waals surface area contributed by atoms with Gasteiger partial charge in [-0.1, -0.05) is 24.0 Å². The van der Waals surface area contributed by atoms with Crippen LogP contribution in [0, 0.1) is 23.5 Å². The molecule has 34 heavy (non-hydrogen) atoms. The van der Waals surface area contributed by atoms with Crippen molar-refractivity contribution in [1.82, 2.24) is 4.98 Å². The Labute approximate surface area is 195 Å². The molecule has 1 aliphatic carbocycles. The summed E-state index contributed by atoms with van der Waals surface area (Å²) in [5, 5.41) is 28.9. The van der Waals surface area contributed by atoms with Gasteiger partial charge < -0.3 is 15.3 Å². The Morgan fingerprint density at radius 3 is 2.15 bits per heavy atom. The lowest BCUT2D eigenvalue weighted by Crippen LogP contribution is -2.19. The number of hydrogen-bond donors (Lipinski definition) is 3. The van der Waals surface area contributed by atoms with Crippen molar-refractivity contribution in [1.29, 1.82) is 0 Å². The molecule has 0 unspecified atom stereocenters.